The number of aromatic nitrogens is 1. The van der Waals surface area contributed by atoms with Crippen molar-refractivity contribution in [2.45, 2.75) is 26.4 Å². The minimum Gasteiger partial charge on any atom is -0.393 e. The number of aliphatic hydroxyl groups is 1. The van der Waals surface area contributed by atoms with E-state index in [1.165, 1.54) is 0 Å². The van der Waals surface area contributed by atoms with Gasteiger partial charge in [0, 0.05) is 24.7 Å². The van der Waals surface area contributed by atoms with E-state index in [2.05, 4.69) is 4.98 Å². The van der Waals surface area contributed by atoms with Crippen molar-refractivity contribution in [3.8, 4) is 0 Å². The molecule has 1 aromatic rings. The number of nitrogens with zero attached hydrogens (tertiary/aromatic N) is 2. The van der Waals surface area contributed by atoms with Crippen LogP contribution in [0.3, 0.4) is 0 Å². The molecule has 2 heterocycles. The molecule has 1 amide bonds. The number of aryl methyl sites for hydroxylation is 1. The second kappa shape index (κ2) is 4.84. The highest BCUT2D eigenvalue weighted by Gasteiger charge is 2.29. The van der Waals surface area contributed by atoms with Gasteiger partial charge in [0.1, 0.15) is 5.69 Å². The van der Waals surface area contributed by atoms with Gasteiger partial charge in [-0.2, -0.15) is 0 Å². The van der Waals surface area contributed by atoms with Gasteiger partial charge in [0.25, 0.3) is 5.91 Å². The van der Waals surface area contributed by atoms with Crippen LogP contribution in [0.5, 0.6) is 0 Å². The molecule has 4 nitrogen and oxygen atoms in total. The monoisotopic (exact) mass is 234 g/mol. The van der Waals surface area contributed by atoms with E-state index in [4.69, 9.17) is 0 Å². The molecule has 1 saturated heterocycles. The average Bonchev–Trinajstić information content (AvgIpc) is 2.77. The zero-order valence-corrected chi connectivity index (χ0v) is 10.3. The summed E-state index contributed by atoms with van der Waals surface area (Å²) in [4.78, 5) is 18.2. The lowest BCUT2D eigenvalue weighted by atomic mass is 10.0. The largest absolute Gasteiger partial charge is 0.393 e. The summed E-state index contributed by atoms with van der Waals surface area (Å²) in [6.45, 7) is 5.00. The van der Waals surface area contributed by atoms with Crippen LogP contribution in [0.25, 0.3) is 0 Å². The molecule has 92 valence electrons. The van der Waals surface area contributed by atoms with Crippen LogP contribution >= 0.6 is 0 Å². The first-order valence-corrected chi connectivity index (χ1v) is 5.99. The van der Waals surface area contributed by atoms with Crippen molar-refractivity contribution in [2.24, 2.45) is 5.92 Å². The van der Waals surface area contributed by atoms with E-state index in [-0.39, 0.29) is 17.9 Å². The summed E-state index contributed by atoms with van der Waals surface area (Å²) < 4.78 is 0. The number of amides is 1. The second-order valence-electron chi connectivity index (χ2n) is 4.70. The van der Waals surface area contributed by atoms with Gasteiger partial charge in [-0.3, -0.25) is 4.79 Å². The fraction of sp³-hybridized carbons (Fsp3) is 0.538. The van der Waals surface area contributed by atoms with E-state index >= 15 is 0 Å². The SMILES string of the molecule is Cc1cccc(C(=O)N2CCC(C(C)O)C2)n1. The normalized spacial score (nSPS) is 21.6. The van der Waals surface area contributed by atoms with Crippen molar-refractivity contribution in [1.29, 1.82) is 0 Å². The molecule has 0 aromatic carbocycles. The summed E-state index contributed by atoms with van der Waals surface area (Å²) in [5.41, 5.74) is 1.35. The van der Waals surface area contributed by atoms with Gasteiger partial charge in [-0.1, -0.05) is 6.07 Å². The van der Waals surface area contributed by atoms with Crippen molar-refractivity contribution in [2.75, 3.05) is 13.1 Å². The molecule has 2 atom stereocenters. The number of aliphatic hydroxyl groups excluding tert-OH is 1. The van der Waals surface area contributed by atoms with Crippen LogP contribution in [-0.2, 0) is 0 Å². The van der Waals surface area contributed by atoms with Gasteiger partial charge in [-0.05, 0) is 32.4 Å². The minimum absolute atomic E-state index is 0.0307. The predicted octanol–water partition coefficient (Wildman–Crippen LogP) is 1.23. The Kier molecular flexibility index (Phi) is 3.43. The first-order chi connectivity index (χ1) is 8.08. The molecular weight excluding hydrogens is 216 g/mol. The molecule has 0 spiro atoms. The lowest BCUT2D eigenvalue weighted by Crippen LogP contribution is -2.31. The molecule has 0 saturated carbocycles. The summed E-state index contributed by atoms with van der Waals surface area (Å²) in [6, 6.07) is 5.46. The van der Waals surface area contributed by atoms with Crippen molar-refractivity contribution in [3.63, 3.8) is 0 Å². The predicted molar refractivity (Wildman–Crippen MR) is 64.7 cm³/mol. The average molecular weight is 234 g/mol. The standard InChI is InChI=1S/C13H18N2O2/c1-9-4-3-5-12(14-9)13(17)15-7-6-11(8-15)10(2)16/h3-5,10-11,16H,6-8H2,1-2H3. The third-order valence-corrected chi connectivity index (χ3v) is 3.30. The second-order valence-corrected chi connectivity index (χ2v) is 4.70. The topological polar surface area (TPSA) is 53.4 Å². The lowest BCUT2D eigenvalue weighted by molar-refractivity contribution is 0.0756. The fourth-order valence-corrected chi connectivity index (χ4v) is 2.19. The maximum absolute atomic E-state index is 12.1. The zero-order chi connectivity index (χ0) is 12.4. The number of pyridine rings is 1. The van der Waals surface area contributed by atoms with Gasteiger partial charge in [-0.25, -0.2) is 4.98 Å². The van der Waals surface area contributed by atoms with E-state index in [9.17, 15) is 9.90 Å². The van der Waals surface area contributed by atoms with Crippen LogP contribution in [0.2, 0.25) is 0 Å². The van der Waals surface area contributed by atoms with Crippen LogP contribution < -0.4 is 0 Å². The molecule has 1 aliphatic heterocycles. The molecule has 17 heavy (non-hydrogen) atoms. The molecule has 1 aromatic heterocycles. The maximum Gasteiger partial charge on any atom is 0.272 e. The van der Waals surface area contributed by atoms with Crippen molar-refractivity contribution >= 4 is 5.91 Å². The molecule has 4 heteroatoms. The van der Waals surface area contributed by atoms with Crippen LogP contribution in [0.4, 0.5) is 0 Å². The Balaban J connectivity index is 2.07. The Morgan fingerprint density at radius 3 is 2.94 bits per heavy atom. The highest BCUT2D eigenvalue weighted by molar-refractivity contribution is 5.92. The quantitative estimate of drug-likeness (QED) is 0.837. The minimum atomic E-state index is -0.349. The van der Waals surface area contributed by atoms with Gasteiger partial charge in [0.05, 0.1) is 6.10 Å². The Bertz CT molecular complexity index is 418. The number of hydrogen-bond acceptors (Lipinski definition) is 3. The molecule has 0 aliphatic carbocycles. The van der Waals surface area contributed by atoms with Gasteiger partial charge in [-0.15, -0.1) is 0 Å². The summed E-state index contributed by atoms with van der Waals surface area (Å²) in [5.74, 6) is 0.167. The molecule has 0 radical (unpaired) electrons. The molecule has 1 N–H and O–H groups in total. The maximum atomic E-state index is 12.1. The Morgan fingerprint density at radius 2 is 2.35 bits per heavy atom. The number of likely N-dealkylation sites (tertiary alicyclic amines) is 1. The van der Waals surface area contributed by atoms with Gasteiger partial charge < -0.3 is 10.0 Å². The number of hydrogen-bond donors (Lipinski definition) is 1. The Labute approximate surface area is 101 Å². The van der Waals surface area contributed by atoms with Gasteiger partial charge in [0.2, 0.25) is 0 Å². The third-order valence-electron chi connectivity index (χ3n) is 3.30. The van der Waals surface area contributed by atoms with Crippen molar-refractivity contribution < 1.29 is 9.90 Å². The van der Waals surface area contributed by atoms with E-state index in [1.54, 1.807) is 17.9 Å². The fourth-order valence-electron chi connectivity index (χ4n) is 2.19. The Hall–Kier alpha value is -1.42. The van der Waals surface area contributed by atoms with E-state index in [1.807, 2.05) is 19.1 Å². The first kappa shape index (κ1) is 12.0. The third kappa shape index (κ3) is 2.64. The Morgan fingerprint density at radius 1 is 1.59 bits per heavy atom. The van der Waals surface area contributed by atoms with Crippen LogP contribution in [0.1, 0.15) is 29.5 Å². The van der Waals surface area contributed by atoms with Crippen molar-refractivity contribution in [1.82, 2.24) is 9.88 Å². The molecule has 2 rings (SSSR count). The number of carbonyl (C=O) groups is 1. The van der Waals surface area contributed by atoms with Gasteiger partial charge >= 0.3 is 0 Å². The first-order valence-electron chi connectivity index (χ1n) is 5.99. The smallest absolute Gasteiger partial charge is 0.272 e. The summed E-state index contributed by atoms with van der Waals surface area (Å²) in [5, 5.41) is 9.51. The highest BCUT2D eigenvalue weighted by atomic mass is 16.3. The molecule has 1 aliphatic rings. The summed E-state index contributed by atoms with van der Waals surface area (Å²) in [7, 11) is 0. The molecule has 1 fully saturated rings. The summed E-state index contributed by atoms with van der Waals surface area (Å²) >= 11 is 0. The van der Waals surface area contributed by atoms with Crippen molar-refractivity contribution in [3.05, 3.63) is 29.6 Å². The highest BCUT2D eigenvalue weighted by Crippen LogP contribution is 2.21. The van der Waals surface area contributed by atoms with Crippen LogP contribution in [0.15, 0.2) is 18.2 Å². The molecule has 2 unspecified atom stereocenters. The van der Waals surface area contributed by atoms with Crippen LogP contribution in [-0.4, -0.2) is 40.1 Å². The van der Waals surface area contributed by atoms with E-state index in [0.29, 0.717) is 18.8 Å². The number of carbonyl (C=O) groups excluding carboxylic acids is 1. The summed E-state index contributed by atoms with van der Waals surface area (Å²) in [6.07, 6.45) is 0.521. The van der Waals surface area contributed by atoms with E-state index < -0.39 is 0 Å². The van der Waals surface area contributed by atoms with Crippen LogP contribution in [0, 0.1) is 12.8 Å². The lowest BCUT2D eigenvalue weighted by Gasteiger charge is -2.17. The molecular formula is C13H18N2O2. The van der Waals surface area contributed by atoms with E-state index in [0.717, 1.165) is 12.1 Å². The zero-order valence-electron chi connectivity index (χ0n) is 10.3. The number of rotatable bonds is 2. The van der Waals surface area contributed by atoms with Gasteiger partial charge in [0.15, 0.2) is 0 Å². The molecule has 0 bridgehead atoms.